The van der Waals surface area contributed by atoms with Crippen LogP contribution in [-0.4, -0.2) is 37.5 Å². The number of aromatic nitrogens is 1. The summed E-state index contributed by atoms with van der Waals surface area (Å²) in [7, 11) is 0. The number of hydrogen-bond acceptors (Lipinski definition) is 5. The number of hydrogen-bond donors (Lipinski definition) is 1. The van der Waals surface area contributed by atoms with Crippen LogP contribution in [0.3, 0.4) is 0 Å². The normalized spacial score (nSPS) is 16.4. The summed E-state index contributed by atoms with van der Waals surface area (Å²) in [6, 6.07) is 6.78. The molecule has 0 aliphatic carbocycles. The SMILES string of the molecule is CCC(C)NCc1c(-c2ccc(F)cc2)noc1N1CCOCC1. The number of ether oxygens (including phenoxy) is 1. The Morgan fingerprint density at radius 3 is 2.62 bits per heavy atom. The summed E-state index contributed by atoms with van der Waals surface area (Å²) >= 11 is 0. The Labute approximate surface area is 141 Å². The van der Waals surface area contributed by atoms with Crippen LogP contribution in [-0.2, 0) is 11.3 Å². The van der Waals surface area contributed by atoms with E-state index in [1.807, 2.05) is 0 Å². The van der Waals surface area contributed by atoms with E-state index in [1.54, 1.807) is 12.1 Å². The van der Waals surface area contributed by atoms with Gasteiger partial charge in [-0.1, -0.05) is 12.1 Å². The molecule has 6 heteroatoms. The first-order valence-corrected chi connectivity index (χ1v) is 8.49. The average molecular weight is 333 g/mol. The van der Waals surface area contributed by atoms with Crippen LogP contribution in [0, 0.1) is 5.82 Å². The molecule has 24 heavy (non-hydrogen) atoms. The average Bonchev–Trinajstić information content (AvgIpc) is 3.05. The van der Waals surface area contributed by atoms with Gasteiger partial charge in [0.15, 0.2) is 0 Å². The molecule has 0 saturated carbocycles. The summed E-state index contributed by atoms with van der Waals surface area (Å²) in [6.07, 6.45) is 1.05. The third-order valence-corrected chi connectivity index (χ3v) is 4.42. The molecule has 130 valence electrons. The highest BCUT2D eigenvalue weighted by molar-refractivity contribution is 5.68. The fraction of sp³-hybridized carbons (Fsp3) is 0.500. The lowest BCUT2D eigenvalue weighted by molar-refractivity contribution is 0.120. The monoisotopic (exact) mass is 333 g/mol. The van der Waals surface area contributed by atoms with E-state index in [9.17, 15) is 4.39 Å². The predicted molar refractivity (Wildman–Crippen MR) is 91.5 cm³/mol. The number of anilines is 1. The van der Waals surface area contributed by atoms with Gasteiger partial charge >= 0.3 is 0 Å². The van der Waals surface area contributed by atoms with Crippen molar-refractivity contribution in [2.75, 3.05) is 31.2 Å². The first kappa shape index (κ1) is 16.9. The number of nitrogens with zero attached hydrogens (tertiary/aromatic N) is 2. The van der Waals surface area contributed by atoms with Crippen LogP contribution < -0.4 is 10.2 Å². The van der Waals surface area contributed by atoms with Gasteiger partial charge in [0, 0.05) is 31.2 Å². The van der Waals surface area contributed by atoms with Crippen LogP contribution in [0.1, 0.15) is 25.8 Å². The summed E-state index contributed by atoms with van der Waals surface area (Å²) in [6.45, 7) is 7.91. The molecule has 1 aromatic carbocycles. The molecule has 1 N–H and O–H groups in total. The molecule has 0 amide bonds. The highest BCUT2D eigenvalue weighted by Gasteiger charge is 2.24. The molecular weight excluding hydrogens is 309 g/mol. The van der Waals surface area contributed by atoms with Gasteiger partial charge in [0.1, 0.15) is 11.5 Å². The summed E-state index contributed by atoms with van der Waals surface area (Å²) < 4.78 is 24.3. The van der Waals surface area contributed by atoms with Gasteiger partial charge in [-0.3, -0.25) is 0 Å². The highest BCUT2D eigenvalue weighted by Crippen LogP contribution is 2.32. The molecule has 1 aromatic heterocycles. The van der Waals surface area contributed by atoms with Crippen LogP contribution in [0.5, 0.6) is 0 Å². The van der Waals surface area contributed by atoms with E-state index in [1.165, 1.54) is 12.1 Å². The summed E-state index contributed by atoms with van der Waals surface area (Å²) in [5.74, 6) is 0.531. The second kappa shape index (κ2) is 7.77. The molecule has 1 saturated heterocycles. The Morgan fingerprint density at radius 1 is 1.25 bits per heavy atom. The molecule has 0 bridgehead atoms. The minimum atomic E-state index is -0.255. The summed E-state index contributed by atoms with van der Waals surface area (Å²) in [5.41, 5.74) is 2.65. The molecule has 2 heterocycles. The van der Waals surface area contributed by atoms with E-state index in [0.29, 0.717) is 25.8 Å². The molecule has 0 radical (unpaired) electrons. The van der Waals surface area contributed by atoms with Crippen LogP contribution in [0.15, 0.2) is 28.8 Å². The Bertz CT molecular complexity index is 651. The van der Waals surface area contributed by atoms with Gasteiger partial charge in [-0.15, -0.1) is 0 Å². The maximum absolute atomic E-state index is 13.2. The van der Waals surface area contributed by atoms with E-state index in [2.05, 4.69) is 29.2 Å². The third kappa shape index (κ3) is 3.76. The molecule has 0 spiro atoms. The van der Waals surface area contributed by atoms with Crippen molar-refractivity contribution in [2.45, 2.75) is 32.9 Å². The van der Waals surface area contributed by atoms with E-state index >= 15 is 0 Å². The van der Waals surface area contributed by atoms with E-state index in [0.717, 1.165) is 42.2 Å². The van der Waals surface area contributed by atoms with Crippen LogP contribution >= 0.6 is 0 Å². The number of halogens is 1. The van der Waals surface area contributed by atoms with Gasteiger partial charge in [0.2, 0.25) is 5.88 Å². The topological polar surface area (TPSA) is 50.5 Å². The van der Waals surface area contributed by atoms with Crippen molar-refractivity contribution in [1.82, 2.24) is 10.5 Å². The summed E-state index contributed by atoms with van der Waals surface area (Å²) in [4.78, 5) is 2.16. The van der Waals surface area contributed by atoms with Gasteiger partial charge < -0.3 is 19.5 Å². The van der Waals surface area contributed by atoms with Crippen molar-refractivity contribution in [3.8, 4) is 11.3 Å². The van der Waals surface area contributed by atoms with Crippen molar-refractivity contribution in [2.24, 2.45) is 0 Å². The standard InChI is InChI=1S/C18H24FN3O2/c1-3-13(2)20-12-16-17(14-4-6-15(19)7-5-14)21-24-18(16)22-8-10-23-11-9-22/h4-7,13,20H,3,8-12H2,1-2H3. The molecule has 3 rings (SSSR count). The fourth-order valence-electron chi connectivity index (χ4n) is 2.73. The lowest BCUT2D eigenvalue weighted by atomic mass is 10.1. The van der Waals surface area contributed by atoms with Crippen molar-refractivity contribution in [3.05, 3.63) is 35.6 Å². The number of rotatable bonds is 6. The quantitative estimate of drug-likeness (QED) is 0.880. The molecule has 5 nitrogen and oxygen atoms in total. The zero-order valence-electron chi connectivity index (χ0n) is 14.2. The minimum Gasteiger partial charge on any atom is -0.378 e. The summed E-state index contributed by atoms with van der Waals surface area (Å²) in [5, 5.41) is 7.78. The fourth-order valence-corrected chi connectivity index (χ4v) is 2.73. The largest absolute Gasteiger partial charge is 0.378 e. The maximum Gasteiger partial charge on any atom is 0.232 e. The lowest BCUT2D eigenvalue weighted by Gasteiger charge is -2.27. The lowest BCUT2D eigenvalue weighted by Crippen LogP contribution is -2.37. The van der Waals surface area contributed by atoms with Gasteiger partial charge in [-0.05, 0) is 37.6 Å². The van der Waals surface area contributed by atoms with Crippen molar-refractivity contribution >= 4 is 5.88 Å². The van der Waals surface area contributed by atoms with Gasteiger partial charge in [-0.2, -0.15) is 0 Å². The van der Waals surface area contributed by atoms with Crippen LogP contribution in [0.4, 0.5) is 10.3 Å². The molecule has 1 atom stereocenters. The Balaban J connectivity index is 1.92. The highest BCUT2D eigenvalue weighted by atomic mass is 19.1. The van der Waals surface area contributed by atoms with Crippen molar-refractivity contribution in [3.63, 3.8) is 0 Å². The molecule has 1 aliphatic rings. The molecule has 2 aromatic rings. The van der Waals surface area contributed by atoms with Crippen LogP contribution in [0.2, 0.25) is 0 Å². The predicted octanol–water partition coefficient (Wildman–Crippen LogP) is 3.21. The zero-order chi connectivity index (χ0) is 16.9. The van der Waals surface area contributed by atoms with E-state index in [4.69, 9.17) is 9.26 Å². The van der Waals surface area contributed by atoms with Gasteiger partial charge in [0.25, 0.3) is 0 Å². The number of morpholine rings is 1. The number of nitrogens with one attached hydrogen (secondary N) is 1. The molecule has 1 aliphatic heterocycles. The second-order valence-electron chi connectivity index (χ2n) is 6.11. The second-order valence-corrected chi connectivity index (χ2v) is 6.11. The maximum atomic E-state index is 13.2. The van der Waals surface area contributed by atoms with E-state index < -0.39 is 0 Å². The first-order chi connectivity index (χ1) is 11.7. The number of benzene rings is 1. The molecular formula is C18H24FN3O2. The van der Waals surface area contributed by atoms with E-state index in [-0.39, 0.29) is 5.82 Å². The van der Waals surface area contributed by atoms with Gasteiger partial charge in [-0.25, -0.2) is 4.39 Å². The Morgan fingerprint density at radius 2 is 1.96 bits per heavy atom. The third-order valence-electron chi connectivity index (χ3n) is 4.42. The minimum absolute atomic E-state index is 0.255. The smallest absolute Gasteiger partial charge is 0.232 e. The van der Waals surface area contributed by atoms with Gasteiger partial charge in [0.05, 0.1) is 18.8 Å². The first-order valence-electron chi connectivity index (χ1n) is 8.49. The van der Waals surface area contributed by atoms with Crippen LogP contribution in [0.25, 0.3) is 11.3 Å². The zero-order valence-corrected chi connectivity index (χ0v) is 14.2. The van der Waals surface area contributed by atoms with Crippen molar-refractivity contribution < 1.29 is 13.7 Å². The Hall–Kier alpha value is -1.92. The Kier molecular flexibility index (Phi) is 5.48. The molecule has 1 fully saturated rings. The molecule has 1 unspecified atom stereocenters. The van der Waals surface area contributed by atoms with Crippen molar-refractivity contribution in [1.29, 1.82) is 0 Å².